The number of aliphatic carboxylic acids is 1. The Labute approximate surface area is 238 Å². The molecule has 0 bridgehead atoms. The number of anilines is 1. The number of morpholine rings is 1. The Kier molecular flexibility index (Phi) is 12.1. The van der Waals surface area contributed by atoms with Crippen molar-refractivity contribution in [3.05, 3.63) is 46.3 Å². The molecule has 0 atom stereocenters. The van der Waals surface area contributed by atoms with Gasteiger partial charge in [-0.2, -0.15) is 23.4 Å². The van der Waals surface area contributed by atoms with E-state index in [2.05, 4.69) is 57.0 Å². The molecule has 0 radical (unpaired) electrons. The van der Waals surface area contributed by atoms with Gasteiger partial charge < -0.3 is 14.6 Å². The number of amides is 1. The topological polar surface area (TPSA) is 141 Å². The van der Waals surface area contributed by atoms with Crippen molar-refractivity contribution in [2.75, 3.05) is 51.0 Å². The van der Waals surface area contributed by atoms with Gasteiger partial charge in [0, 0.05) is 37.9 Å². The van der Waals surface area contributed by atoms with Crippen LogP contribution in [0, 0.1) is 16.7 Å². The second-order valence-electron chi connectivity index (χ2n) is 9.69. The van der Waals surface area contributed by atoms with Crippen LogP contribution in [0.4, 0.5) is 19.0 Å². The fourth-order valence-corrected chi connectivity index (χ4v) is 3.66. The van der Waals surface area contributed by atoms with Gasteiger partial charge in [-0.3, -0.25) is 20.1 Å². The molecule has 218 valence electrons. The number of hydrogen-bond acceptors (Lipinski definition) is 9. The average Bonchev–Trinajstić information content (AvgIpc) is 2.88. The lowest BCUT2D eigenvalue weighted by atomic mass is 9.97. The maximum Gasteiger partial charge on any atom is 0.490 e. The summed E-state index contributed by atoms with van der Waals surface area (Å²) in [5.41, 5.74) is 3.25. The monoisotopic (exact) mass is 630 g/mol. The lowest BCUT2D eigenvalue weighted by molar-refractivity contribution is -0.192. The highest BCUT2D eigenvalue weighted by Gasteiger charge is 2.38. The Morgan fingerprint density at radius 1 is 1.23 bits per heavy atom. The molecule has 15 heteroatoms. The summed E-state index contributed by atoms with van der Waals surface area (Å²) in [5.74, 6) is -1.88. The number of carboxylic acids is 1. The Balaban J connectivity index is 0.000000708. The predicted octanol–water partition coefficient (Wildman–Crippen LogP) is 3.65. The third kappa shape index (κ3) is 11.3. The molecular weight excluding hydrogens is 601 g/mol. The van der Waals surface area contributed by atoms with Crippen molar-refractivity contribution in [3.8, 4) is 11.8 Å². The summed E-state index contributed by atoms with van der Waals surface area (Å²) in [6.45, 7) is 11.4. The van der Waals surface area contributed by atoms with E-state index in [9.17, 15) is 23.2 Å². The minimum absolute atomic E-state index is 0.0277. The first-order valence-corrected chi connectivity index (χ1v) is 12.8. The fourth-order valence-electron chi connectivity index (χ4n) is 3.25. The van der Waals surface area contributed by atoms with Crippen molar-refractivity contribution >= 4 is 33.6 Å². The van der Waals surface area contributed by atoms with Gasteiger partial charge in [-0.15, -0.1) is 0 Å². The van der Waals surface area contributed by atoms with Gasteiger partial charge >= 0.3 is 12.1 Å². The van der Waals surface area contributed by atoms with Crippen LogP contribution in [0.2, 0.25) is 0 Å². The Bertz CT molecular complexity index is 1180. The molecule has 40 heavy (non-hydrogen) atoms. The van der Waals surface area contributed by atoms with E-state index in [4.69, 9.17) is 19.4 Å². The Morgan fingerprint density at radius 3 is 2.35 bits per heavy atom. The van der Waals surface area contributed by atoms with E-state index in [1.54, 1.807) is 29.3 Å². The van der Waals surface area contributed by atoms with Gasteiger partial charge in [-0.05, 0) is 45.6 Å². The van der Waals surface area contributed by atoms with Crippen molar-refractivity contribution < 1.29 is 37.3 Å². The molecule has 1 saturated heterocycles. The predicted molar refractivity (Wildman–Crippen MR) is 142 cm³/mol. The summed E-state index contributed by atoms with van der Waals surface area (Å²) in [6.07, 6.45) is -3.58. The maximum absolute atomic E-state index is 13.0. The van der Waals surface area contributed by atoms with E-state index in [0.717, 1.165) is 32.8 Å². The number of ether oxygens (including phenoxy) is 2. The van der Waals surface area contributed by atoms with E-state index < -0.39 is 12.1 Å². The Hall–Kier alpha value is -3.48. The van der Waals surface area contributed by atoms with Crippen LogP contribution in [0.25, 0.3) is 0 Å². The number of nitrogens with one attached hydrogen (secondary N) is 1. The van der Waals surface area contributed by atoms with Gasteiger partial charge in [0.05, 0.1) is 17.7 Å². The minimum Gasteiger partial charge on any atom is -0.492 e. The maximum atomic E-state index is 13.0. The molecule has 1 aliphatic rings. The third-order valence-electron chi connectivity index (χ3n) is 5.09. The molecule has 2 aromatic rings. The molecule has 0 aliphatic carbocycles. The number of benzene rings is 1. The number of hydrogen-bond donors (Lipinski definition) is 2. The molecule has 1 aliphatic heterocycles. The fraction of sp³-hybridized carbons (Fsp3) is 0.480. The number of aromatic nitrogens is 2. The smallest absolute Gasteiger partial charge is 0.490 e. The van der Waals surface area contributed by atoms with Crippen molar-refractivity contribution in [3.63, 3.8) is 0 Å². The van der Waals surface area contributed by atoms with Crippen molar-refractivity contribution in [1.29, 1.82) is 5.26 Å². The van der Waals surface area contributed by atoms with Gasteiger partial charge in [-0.1, -0.05) is 20.8 Å². The molecule has 2 N–H and O–H groups in total. The molecule has 11 nitrogen and oxygen atoms in total. The van der Waals surface area contributed by atoms with Crippen LogP contribution in [0.5, 0.6) is 5.75 Å². The molecule has 3 rings (SSSR count). The average molecular weight is 631 g/mol. The van der Waals surface area contributed by atoms with Crippen LogP contribution in [0.3, 0.4) is 0 Å². The second-order valence-corrected chi connectivity index (χ2v) is 10.5. The number of nitriles is 1. The van der Waals surface area contributed by atoms with Gasteiger partial charge in [0.1, 0.15) is 18.4 Å². The number of hydrazine groups is 1. The van der Waals surface area contributed by atoms with Gasteiger partial charge in [0.2, 0.25) is 5.82 Å². The molecule has 1 fully saturated rings. The summed E-state index contributed by atoms with van der Waals surface area (Å²) in [4.78, 5) is 32.4. The number of carbonyl (C=O) groups is 2. The van der Waals surface area contributed by atoms with Crippen molar-refractivity contribution in [1.82, 2.24) is 20.3 Å². The van der Waals surface area contributed by atoms with Crippen LogP contribution >= 0.6 is 15.9 Å². The van der Waals surface area contributed by atoms with Gasteiger partial charge in [0.15, 0.2) is 5.82 Å². The number of carbonyl (C=O) groups excluding carboxylic acids is 1. The summed E-state index contributed by atoms with van der Waals surface area (Å²) in [5, 5.41) is 17.9. The number of rotatable bonds is 8. The third-order valence-corrected chi connectivity index (χ3v) is 5.65. The summed E-state index contributed by atoms with van der Waals surface area (Å²) in [6, 6.07) is 8.97. The quantitative estimate of drug-likeness (QED) is 0.415. The Morgan fingerprint density at radius 2 is 1.82 bits per heavy atom. The number of halogens is 4. The van der Waals surface area contributed by atoms with Crippen LogP contribution in [-0.2, 0) is 9.53 Å². The van der Waals surface area contributed by atoms with Crippen molar-refractivity contribution in [2.45, 2.75) is 26.9 Å². The van der Waals surface area contributed by atoms with E-state index >= 15 is 0 Å². The largest absolute Gasteiger partial charge is 0.492 e. The van der Waals surface area contributed by atoms with E-state index in [0.29, 0.717) is 34.8 Å². The molecule has 2 heterocycles. The highest BCUT2D eigenvalue weighted by Crippen LogP contribution is 2.26. The SMILES string of the molecule is CC(C)(C)CN(NC(=O)c1ccc(OCCN2CCOCC2)cc1)c1nc(C#N)ncc1Br.O=C(O)C(F)(F)F. The molecular formula is C25H30BrF3N6O5. The summed E-state index contributed by atoms with van der Waals surface area (Å²) < 4.78 is 43.5. The summed E-state index contributed by atoms with van der Waals surface area (Å²) in [7, 11) is 0. The number of nitrogens with zero attached hydrogens (tertiary/aromatic N) is 5. The zero-order chi connectivity index (χ0) is 29.9. The molecule has 1 aromatic carbocycles. The highest BCUT2D eigenvalue weighted by molar-refractivity contribution is 9.10. The van der Waals surface area contributed by atoms with Gasteiger partial charge in [0.25, 0.3) is 5.91 Å². The van der Waals surface area contributed by atoms with Crippen LogP contribution in [0.1, 0.15) is 37.0 Å². The number of alkyl halides is 3. The zero-order valence-electron chi connectivity index (χ0n) is 22.2. The lowest BCUT2D eigenvalue weighted by Gasteiger charge is -2.31. The number of carboxylic acid groups (broad SMARTS) is 1. The lowest BCUT2D eigenvalue weighted by Crippen LogP contribution is -2.47. The van der Waals surface area contributed by atoms with Crippen LogP contribution in [-0.4, -0.2) is 84.0 Å². The van der Waals surface area contributed by atoms with Gasteiger partial charge in [-0.25, -0.2) is 9.78 Å². The van der Waals surface area contributed by atoms with E-state index in [1.165, 1.54) is 6.20 Å². The first kappa shape index (κ1) is 32.7. The molecule has 0 spiro atoms. The zero-order valence-corrected chi connectivity index (χ0v) is 23.8. The van der Waals surface area contributed by atoms with E-state index in [-0.39, 0.29) is 17.1 Å². The molecule has 1 amide bonds. The standard InChI is InChI=1S/C23H29BrN6O3.C2HF3O2/c1-23(2,3)16-30(21-19(24)15-26-20(14-25)27-21)28-22(31)17-4-6-18(7-5-17)33-13-10-29-8-11-32-12-9-29;3-2(4,5)1(6)7/h4-7,15H,8-13,16H2,1-3H3,(H,28,31);(H,6,7). The molecule has 0 saturated carbocycles. The van der Waals surface area contributed by atoms with E-state index in [1.807, 2.05) is 6.07 Å². The second kappa shape index (κ2) is 14.8. The first-order chi connectivity index (χ1) is 18.7. The molecule has 0 unspecified atom stereocenters. The first-order valence-electron chi connectivity index (χ1n) is 12.0. The van der Waals surface area contributed by atoms with Crippen molar-refractivity contribution in [2.24, 2.45) is 5.41 Å². The highest BCUT2D eigenvalue weighted by atomic mass is 79.9. The minimum atomic E-state index is -5.08. The summed E-state index contributed by atoms with van der Waals surface area (Å²) >= 11 is 3.42. The van der Waals surface area contributed by atoms with Crippen LogP contribution in [0.15, 0.2) is 34.9 Å². The normalized spacial score (nSPS) is 13.8. The van der Waals surface area contributed by atoms with Crippen LogP contribution < -0.4 is 15.2 Å². The molecule has 1 aromatic heterocycles.